The first kappa shape index (κ1) is 20.4. The number of carbonyl (C=O) groups excluding carboxylic acids is 2. The molecule has 3 amide bonds. The lowest BCUT2D eigenvalue weighted by atomic mass is 10.1. The number of nitrogens with zero attached hydrogens (tertiary/aromatic N) is 2. The maximum absolute atomic E-state index is 12.3. The monoisotopic (exact) mass is 393 g/mol. The van der Waals surface area contributed by atoms with Crippen LogP contribution in [0.5, 0.6) is 0 Å². The predicted molar refractivity (Wildman–Crippen MR) is 115 cm³/mol. The van der Waals surface area contributed by atoms with Gasteiger partial charge in [-0.2, -0.15) is 0 Å². The molecule has 1 heterocycles. The van der Waals surface area contributed by atoms with E-state index in [1.165, 1.54) is 0 Å². The van der Waals surface area contributed by atoms with Crippen molar-refractivity contribution in [1.29, 1.82) is 0 Å². The van der Waals surface area contributed by atoms with Crippen molar-refractivity contribution < 1.29 is 9.59 Å². The molecule has 0 saturated heterocycles. The van der Waals surface area contributed by atoms with Crippen molar-refractivity contribution in [1.82, 2.24) is 20.2 Å². The van der Waals surface area contributed by atoms with Crippen molar-refractivity contribution in [3.63, 3.8) is 0 Å². The highest BCUT2D eigenvalue weighted by atomic mass is 16.2. The van der Waals surface area contributed by atoms with Gasteiger partial charge in [-0.05, 0) is 56.2 Å². The third-order valence-corrected chi connectivity index (χ3v) is 5.01. The third-order valence-electron chi connectivity index (χ3n) is 5.01. The zero-order chi connectivity index (χ0) is 21.0. The van der Waals surface area contributed by atoms with Crippen molar-refractivity contribution >= 4 is 28.7 Å². The van der Waals surface area contributed by atoms with E-state index in [-0.39, 0.29) is 18.0 Å². The van der Waals surface area contributed by atoms with Crippen LogP contribution in [0.15, 0.2) is 42.5 Å². The van der Waals surface area contributed by atoms with Gasteiger partial charge in [0.25, 0.3) is 5.91 Å². The molecule has 0 aliphatic carbocycles. The van der Waals surface area contributed by atoms with E-state index in [0.717, 1.165) is 28.8 Å². The summed E-state index contributed by atoms with van der Waals surface area (Å²) in [6.45, 7) is 6.16. The van der Waals surface area contributed by atoms with E-state index < -0.39 is 0 Å². The van der Waals surface area contributed by atoms with Gasteiger partial charge in [0, 0.05) is 24.3 Å². The molecule has 3 N–H and O–H groups in total. The van der Waals surface area contributed by atoms with E-state index in [0.29, 0.717) is 17.8 Å². The fourth-order valence-corrected chi connectivity index (χ4v) is 3.03. The largest absolute Gasteiger partial charge is 0.350 e. The second kappa shape index (κ2) is 8.77. The van der Waals surface area contributed by atoms with Gasteiger partial charge in [-0.25, -0.2) is 9.78 Å². The van der Waals surface area contributed by atoms with Gasteiger partial charge in [-0.3, -0.25) is 4.79 Å². The number of benzene rings is 2. The SMILES string of the molecule is CCC(C)NC(=O)c1ccc(NC(=O)NCc2nc3ccccc3n2C)c(C)c1. The number of hydrogen-bond donors (Lipinski definition) is 3. The summed E-state index contributed by atoms with van der Waals surface area (Å²) in [7, 11) is 1.93. The van der Waals surface area contributed by atoms with E-state index in [1.807, 2.05) is 56.7 Å². The Hall–Kier alpha value is -3.35. The number of imidazole rings is 1. The lowest BCUT2D eigenvalue weighted by Crippen LogP contribution is -2.32. The van der Waals surface area contributed by atoms with E-state index in [9.17, 15) is 9.59 Å². The molecule has 2 aromatic carbocycles. The summed E-state index contributed by atoms with van der Waals surface area (Å²) in [5.41, 5.74) is 3.97. The number of nitrogens with one attached hydrogen (secondary N) is 3. The zero-order valence-electron chi connectivity index (χ0n) is 17.2. The third kappa shape index (κ3) is 4.74. The first-order chi connectivity index (χ1) is 13.9. The molecule has 152 valence electrons. The molecule has 0 spiro atoms. The molecule has 1 aromatic heterocycles. The second-order valence-electron chi connectivity index (χ2n) is 7.20. The summed E-state index contributed by atoms with van der Waals surface area (Å²) < 4.78 is 1.96. The van der Waals surface area contributed by atoms with Crippen molar-refractivity contribution in [3.05, 3.63) is 59.4 Å². The normalized spacial score (nSPS) is 11.9. The number of anilines is 1. The number of amides is 3. The molecule has 0 saturated carbocycles. The Balaban J connectivity index is 1.61. The lowest BCUT2D eigenvalue weighted by Gasteiger charge is -2.14. The minimum atomic E-state index is -0.322. The van der Waals surface area contributed by atoms with Gasteiger partial charge in [0.1, 0.15) is 5.82 Å². The summed E-state index contributed by atoms with van der Waals surface area (Å²) in [5.74, 6) is 0.662. The van der Waals surface area contributed by atoms with Gasteiger partial charge >= 0.3 is 6.03 Å². The molecular formula is C22H27N5O2. The summed E-state index contributed by atoms with van der Waals surface area (Å²) in [4.78, 5) is 29.1. The van der Waals surface area contributed by atoms with Gasteiger partial charge in [-0.1, -0.05) is 19.1 Å². The summed E-state index contributed by atoms with van der Waals surface area (Å²) in [5, 5.41) is 8.61. The fourth-order valence-electron chi connectivity index (χ4n) is 3.03. The van der Waals surface area contributed by atoms with Gasteiger partial charge in [0.2, 0.25) is 0 Å². The van der Waals surface area contributed by atoms with E-state index >= 15 is 0 Å². The Bertz CT molecular complexity index is 1040. The zero-order valence-corrected chi connectivity index (χ0v) is 17.2. The number of aryl methyl sites for hydroxylation is 2. The molecule has 0 aliphatic rings. The maximum atomic E-state index is 12.3. The number of fused-ring (bicyclic) bond motifs is 1. The molecule has 0 radical (unpaired) electrons. The molecule has 1 atom stereocenters. The summed E-state index contributed by atoms with van der Waals surface area (Å²) >= 11 is 0. The van der Waals surface area contributed by atoms with Crippen molar-refractivity contribution in [2.75, 3.05) is 5.32 Å². The maximum Gasteiger partial charge on any atom is 0.319 e. The standard InChI is InChI=1S/C22H27N5O2/c1-5-15(3)24-21(28)16-10-11-17(14(2)12-16)26-22(29)23-13-20-25-18-8-6-7-9-19(18)27(20)4/h6-12,15H,5,13H2,1-4H3,(H,24,28)(H2,23,26,29). The first-order valence-corrected chi connectivity index (χ1v) is 9.75. The molecule has 0 bridgehead atoms. The molecule has 3 rings (SSSR count). The Morgan fingerprint density at radius 1 is 1.17 bits per heavy atom. The number of carbonyl (C=O) groups is 2. The minimum Gasteiger partial charge on any atom is -0.350 e. The second-order valence-corrected chi connectivity index (χ2v) is 7.20. The Labute approximate surface area is 170 Å². The highest BCUT2D eigenvalue weighted by Crippen LogP contribution is 2.17. The van der Waals surface area contributed by atoms with Crippen LogP contribution in [0.3, 0.4) is 0 Å². The van der Waals surface area contributed by atoms with Crippen LogP contribution < -0.4 is 16.0 Å². The molecular weight excluding hydrogens is 366 g/mol. The van der Waals surface area contributed by atoms with Crippen LogP contribution in [0.1, 0.15) is 42.0 Å². The molecule has 0 aliphatic heterocycles. The predicted octanol–water partition coefficient (Wildman–Crippen LogP) is 3.73. The summed E-state index contributed by atoms with van der Waals surface area (Å²) in [6.07, 6.45) is 0.871. The first-order valence-electron chi connectivity index (χ1n) is 9.75. The van der Waals surface area contributed by atoms with E-state index in [2.05, 4.69) is 20.9 Å². The van der Waals surface area contributed by atoms with Crippen LogP contribution in [-0.4, -0.2) is 27.5 Å². The van der Waals surface area contributed by atoms with Crippen LogP contribution >= 0.6 is 0 Å². The van der Waals surface area contributed by atoms with Gasteiger partial charge in [-0.15, -0.1) is 0 Å². The van der Waals surface area contributed by atoms with Crippen LogP contribution in [0.4, 0.5) is 10.5 Å². The number of para-hydroxylation sites is 2. The van der Waals surface area contributed by atoms with Crippen molar-refractivity contribution in [2.24, 2.45) is 7.05 Å². The molecule has 1 unspecified atom stereocenters. The molecule has 0 fully saturated rings. The molecule has 7 nitrogen and oxygen atoms in total. The smallest absolute Gasteiger partial charge is 0.319 e. The van der Waals surface area contributed by atoms with Crippen LogP contribution in [0.2, 0.25) is 0 Å². The Kier molecular flexibility index (Phi) is 6.16. The fraction of sp³-hybridized carbons (Fsp3) is 0.318. The highest BCUT2D eigenvalue weighted by Gasteiger charge is 2.12. The Morgan fingerprint density at radius 3 is 2.62 bits per heavy atom. The number of aromatic nitrogens is 2. The number of rotatable bonds is 6. The lowest BCUT2D eigenvalue weighted by molar-refractivity contribution is 0.0939. The van der Waals surface area contributed by atoms with Gasteiger partial charge in [0.15, 0.2) is 0 Å². The summed E-state index contributed by atoms with van der Waals surface area (Å²) in [6, 6.07) is 12.9. The average Bonchev–Trinajstić information content (AvgIpc) is 3.03. The molecule has 29 heavy (non-hydrogen) atoms. The number of hydrogen-bond acceptors (Lipinski definition) is 3. The van der Waals surface area contributed by atoms with Crippen LogP contribution in [0.25, 0.3) is 11.0 Å². The van der Waals surface area contributed by atoms with Gasteiger partial charge in [0.05, 0.1) is 17.6 Å². The molecule has 7 heteroatoms. The average molecular weight is 393 g/mol. The van der Waals surface area contributed by atoms with Crippen molar-refractivity contribution in [2.45, 2.75) is 39.8 Å². The topological polar surface area (TPSA) is 88.1 Å². The quantitative estimate of drug-likeness (QED) is 0.596. The van der Waals surface area contributed by atoms with E-state index in [4.69, 9.17) is 0 Å². The number of urea groups is 1. The minimum absolute atomic E-state index is 0.111. The van der Waals surface area contributed by atoms with Crippen LogP contribution in [-0.2, 0) is 13.6 Å². The van der Waals surface area contributed by atoms with Crippen molar-refractivity contribution in [3.8, 4) is 0 Å². The van der Waals surface area contributed by atoms with Crippen LogP contribution in [0, 0.1) is 6.92 Å². The van der Waals surface area contributed by atoms with E-state index in [1.54, 1.807) is 18.2 Å². The van der Waals surface area contributed by atoms with Gasteiger partial charge < -0.3 is 20.5 Å². The Morgan fingerprint density at radius 2 is 1.93 bits per heavy atom. The highest BCUT2D eigenvalue weighted by molar-refractivity contribution is 5.96. The molecule has 3 aromatic rings.